The molecule has 0 aliphatic carbocycles. The van der Waals surface area contributed by atoms with Crippen molar-refractivity contribution >= 4 is 23.8 Å². The number of nitrogens with two attached hydrogens (primary N) is 1. The van der Waals surface area contributed by atoms with Crippen molar-refractivity contribution in [1.82, 2.24) is 0 Å². The molecule has 0 aromatic carbocycles. The quantitative estimate of drug-likeness (QED) is 0.194. The zero-order chi connectivity index (χ0) is 23.4. The summed E-state index contributed by atoms with van der Waals surface area (Å²) < 4.78 is 0. The molecule has 0 bridgehead atoms. The second kappa shape index (κ2) is 19.7. The number of nitrogens with zero attached hydrogens (tertiary/aromatic N) is 2. The summed E-state index contributed by atoms with van der Waals surface area (Å²) in [5.74, 6) is -3.93. The Bertz CT molecular complexity index is 574. The van der Waals surface area contributed by atoms with E-state index in [1.54, 1.807) is 0 Å². The van der Waals surface area contributed by atoms with Gasteiger partial charge in [0, 0.05) is 11.1 Å². The Labute approximate surface area is 170 Å². The summed E-state index contributed by atoms with van der Waals surface area (Å²) in [6.45, 7) is 10.2. The molecule has 0 aromatic rings. The molecule has 0 aliphatic rings. The first-order valence-corrected chi connectivity index (χ1v) is 8.73. The molecule has 11 heteroatoms. The van der Waals surface area contributed by atoms with Gasteiger partial charge in [-0.25, -0.2) is 11.1 Å². The molecule has 0 aliphatic heterocycles. The summed E-state index contributed by atoms with van der Waals surface area (Å²) in [7, 11) is 0. The van der Waals surface area contributed by atoms with Crippen molar-refractivity contribution in [3.8, 4) is 0 Å². The van der Waals surface area contributed by atoms with Crippen LogP contribution in [0.4, 0.5) is 0 Å². The summed E-state index contributed by atoms with van der Waals surface area (Å²) in [5.41, 5.74) is 18.2. The van der Waals surface area contributed by atoms with Gasteiger partial charge in [-0.05, 0) is 33.2 Å². The molecule has 6 N–H and O–H groups in total. The number of aliphatic carboxylic acids is 2. The summed E-state index contributed by atoms with van der Waals surface area (Å²) >= 11 is 0. The molecule has 164 valence electrons. The van der Waals surface area contributed by atoms with Gasteiger partial charge in [0.1, 0.15) is 0 Å². The molecule has 11 nitrogen and oxygen atoms in total. The number of hydrogen-bond acceptors (Lipinski definition) is 7. The Balaban J connectivity index is -0.000000402. The molecule has 0 rings (SSSR count). The molecule has 0 aromatic heterocycles. The lowest BCUT2D eigenvalue weighted by molar-refractivity contribution is -0.148. The molecule has 1 unspecified atom stereocenters. The molecule has 2 amide bonds. The number of rotatable bonds is 11. The van der Waals surface area contributed by atoms with Crippen LogP contribution in [0, 0.1) is 17.0 Å². The van der Waals surface area contributed by atoms with E-state index in [-0.39, 0.29) is 6.42 Å². The van der Waals surface area contributed by atoms with E-state index in [2.05, 4.69) is 23.4 Å². The fourth-order valence-corrected chi connectivity index (χ4v) is 1.60. The van der Waals surface area contributed by atoms with Crippen molar-refractivity contribution in [2.45, 2.75) is 52.4 Å². The third-order valence-electron chi connectivity index (χ3n) is 3.21. The van der Waals surface area contributed by atoms with Crippen molar-refractivity contribution in [3.63, 3.8) is 0 Å². The van der Waals surface area contributed by atoms with Crippen molar-refractivity contribution in [1.29, 1.82) is 11.1 Å². The van der Waals surface area contributed by atoms with Crippen LogP contribution in [0.15, 0.2) is 34.5 Å². The largest absolute Gasteiger partial charge is 0.481 e. The average Bonchev–Trinajstić information content (AvgIpc) is 2.65. The Morgan fingerprint density at radius 2 is 1.31 bits per heavy atom. The Kier molecular flexibility index (Phi) is 20.8. The zero-order valence-electron chi connectivity index (χ0n) is 16.9. The molecular weight excluding hydrogens is 382 g/mol. The van der Waals surface area contributed by atoms with Gasteiger partial charge in [0.05, 0.1) is 12.3 Å². The van der Waals surface area contributed by atoms with Crippen LogP contribution in [-0.4, -0.2) is 40.5 Å². The van der Waals surface area contributed by atoms with Crippen LogP contribution in [-0.2, 0) is 19.2 Å². The SMILES string of the molecule is C=C(C)C(=O)N=N.C=C(C)C(=O)N=N.NCCCCCCC(CC(=O)O)C(=O)O. The standard InChI is InChI=1S/C10H19NO4.2C4H6N2O/c11-6-4-2-1-3-5-8(10(14)15)7-9(12)13;2*1-3(2)4(7)6-5/h8H,1-7,11H2,(H,12,13)(H,14,15);2*5H,1H2,2H3. The van der Waals surface area contributed by atoms with Gasteiger partial charge < -0.3 is 15.9 Å². The Hall–Kier alpha value is -3.08. The molecule has 0 saturated carbocycles. The third kappa shape index (κ3) is 22.9. The van der Waals surface area contributed by atoms with Gasteiger partial charge in [-0.3, -0.25) is 19.2 Å². The van der Waals surface area contributed by atoms with Gasteiger partial charge in [-0.2, -0.15) is 0 Å². The van der Waals surface area contributed by atoms with Gasteiger partial charge in [0.15, 0.2) is 0 Å². The first kappa shape index (κ1) is 30.6. The number of amides is 2. The maximum absolute atomic E-state index is 10.7. The molecule has 0 heterocycles. The summed E-state index contributed by atoms with van der Waals surface area (Å²) in [4.78, 5) is 41.2. The molecule has 1 atom stereocenters. The lowest BCUT2D eigenvalue weighted by Gasteiger charge is -2.08. The van der Waals surface area contributed by atoms with E-state index in [0.29, 0.717) is 24.1 Å². The Morgan fingerprint density at radius 1 is 0.897 bits per heavy atom. The van der Waals surface area contributed by atoms with Crippen LogP contribution < -0.4 is 5.73 Å². The highest BCUT2D eigenvalue weighted by molar-refractivity contribution is 5.92. The van der Waals surface area contributed by atoms with Crippen LogP contribution >= 0.6 is 0 Å². The van der Waals surface area contributed by atoms with E-state index in [0.717, 1.165) is 25.7 Å². The minimum absolute atomic E-state index is 0.285. The van der Waals surface area contributed by atoms with E-state index in [4.69, 9.17) is 27.0 Å². The van der Waals surface area contributed by atoms with E-state index >= 15 is 0 Å². The number of unbranched alkanes of at least 4 members (excludes halogenated alkanes) is 3. The lowest BCUT2D eigenvalue weighted by Crippen LogP contribution is -2.17. The third-order valence-corrected chi connectivity index (χ3v) is 3.21. The molecule has 0 spiro atoms. The minimum atomic E-state index is -1.05. The van der Waals surface area contributed by atoms with Crippen molar-refractivity contribution in [3.05, 3.63) is 24.3 Å². The monoisotopic (exact) mass is 413 g/mol. The van der Waals surface area contributed by atoms with Gasteiger partial charge in [0.25, 0.3) is 11.8 Å². The van der Waals surface area contributed by atoms with Gasteiger partial charge >= 0.3 is 11.9 Å². The molecule has 29 heavy (non-hydrogen) atoms. The predicted octanol–water partition coefficient (Wildman–Crippen LogP) is 3.31. The zero-order valence-corrected chi connectivity index (χ0v) is 16.9. The minimum Gasteiger partial charge on any atom is -0.481 e. The molecule has 0 saturated heterocycles. The fourth-order valence-electron chi connectivity index (χ4n) is 1.60. The number of nitrogens with one attached hydrogen (secondary N) is 2. The first-order valence-electron chi connectivity index (χ1n) is 8.73. The molecule has 0 radical (unpaired) electrons. The highest BCUT2D eigenvalue weighted by Crippen LogP contribution is 2.14. The number of carbonyl (C=O) groups excluding carboxylic acids is 2. The smallest absolute Gasteiger partial charge is 0.307 e. The predicted molar refractivity (Wildman–Crippen MR) is 105 cm³/mol. The fraction of sp³-hybridized carbons (Fsp3) is 0.556. The topological polar surface area (TPSA) is 207 Å². The van der Waals surface area contributed by atoms with Gasteiger partial charge in [-0.15, -0.1) is 10.2 Å². The van der Waals surface area contributed by atoms with Crippen LogP contribution in [0.3, 0.4) is 0 Å². The number of hydrogen-bond donors (Lipinski definition) is 5. The Morgan fingerprint density at radius 3 is 1.55 bits per heavy atom. The van der Waals surface area contributed by atoms with Crippen LogP contribution in [0.5, 0.6) is 0 Å². The maximum Gasteiger partial charge on any atom is 0.307 e. The second-order valence-electron chi connectivity index (χ2n) is 6.02. The van der Waals surface area contributed by atoms with Crippen molar-refractivity contribution in [2.75, 3.05) is 6.54 Å². The number of carboxylic acid groups (broad SMARTS) is 2. The van der Waals surface area contributed by atoms with Gasteiger partial charge in [-0.1, -0.05) is 32.4 Å². The van der Waals surface area contributed by atoms with Gasteiger partial charge in [0.2, 0.25) is 0 Å². The average molecular weight is 413 g/mol. The molecular formula is C18H31N5O6. The lowest BCUT2D eigenvalue weighted by atomic mass is 9.98. The van der Waals surface area contributed by atoms with Crippen LogP contribution in [0.2, 0.25) is 0 Å². The van der Waals surface area contributed by atoms with Crippen molar-refractivity contribution < 1.29 is 29.4 Å². The van der Waals surface area contributed by atoms with E-state index in [1.807, 2.05) is 0 Å². The van der Waals surface area contributed by atoms with E-state index < -0.39 is 29.7 Å². The summed E-state index contributed by atoms with van der Waals surface area (Å²) in [5, 5.41) is 22.4. The normalized spacial score (nSPS) is 10.0. The van der Waals surface area contributed by atoms with Crippen LogP contribution in [0.25, 0.3) is 0 Å². The van der Waals surface area contributed by atoms with Crippen LogP contribution in [0.1, 0.15) is 52.4 Å². The highest BCUT2D eigenvalue weighted by Gasteiger charge is 2.19. The number of carboxylic acids is 2. The number of carbonyl (C=O) groups is 4. The van der Waals surface area contributed by atoms with E-state index in [9.17, 15) is 19.2 Å². The highest BCUT2D eigenvalue weighted by atomic mass is 16.4. The first-order chi connectivity index (χ1) is 13.4. The summed E-state index contributed by atoms with van der Waals surface area (Å²) in [6.07, 6.45) is 3.75. The maximum atomic E-state index is 10.7. The molecule has 0 fully saturated rings. The summed E-state index contributed by atoms with van der Waals surface area (Å²) in [6, 6.07) is 0. The second-order valence-corrected chi connectivity index (χ2v) is 6.02. The van der Waals surface area contributed by atoms with E-state index in [1.165, 1.54) is 13.8 Å². The van der Waals surface area contributed by atoms with Crippen molar-refractivity contribution in [2.24, 2.45) is 21.9 Å².